The molecular formula is C34H66NO9P. The zero-order valence-corrected chi connectivity index (χ0v) is 29.4. The third-order valence-corrected chi connectivity index (χ3v) is 8.50. The third kappa shape index (κ3) is 31.1. The van der Waals surface area contributed by atoms with E-state index in [1.807, 2.05) is 0 Å². The van der Waals surface area contributed by atoms with Gasteiger partial charge in [0.2, 0.25) is 0 Å². The largest absolute Gasteiger partial charge is 0.480 e. The molecule has 0 aromatic carbocycles. The number of allylic oxidation sites excluding steroid dienone is 2. The SMILES string of the molecule is CCCCCCCC/C=C\CCCCCCCC(=O)OC(COCCCCCCCCCC)COP(=O)(O)OCC(N)C(=O)O. The Labute approximate surface area is 273 Å². The van der Waals surface area contributed by atoms with Gasteiger partial charge in [0, 0.05) is 13.0 Å². The Balaban J connectivity index is 4.30. The van der Waals surface area contributed by atoms with Crippen molar-refractivity contribution in [3.05, 3.63) is 12.2 Å². The van der Waals surface area contributed by atoms with Crippen LogP contribution in [-0.2, 0) is 32.7 Å². The van der Waals surface area contributed by atoms with E-state index in [1.165, 1.54) is 77.0 Å². The summed E-state index contributed by atoms with van der Waals surface area (Å²) in [6.45, 7) is 3.82. The zero-order chi connectivity index (χ0) is 33.4. The number of rotatable bonds is 34. The lowest BCUT2D eigenvalue weighted by atomic mass is 10.1. The van der Waals surface area contributed by atoms with Gasteiger partial charge in [-0.25, -0.2) is 4.57 Å². The average Bonchev–Trinajstić information content (AvgIpc) is 3.01. The molecule has 11 heteroatoms. The molecule has 0 saturated heterocycles. The number of phosphoric ester groups is 1. The standard InChI is InChI=1S/C34H66NO9P/c1-3-5-7-9-11-13-14-15-16-17-18-19-20-22-24-26-33(36)44-31(28-41-27-25-23-21-12-10-8-6-4-2)29-42-45(39,40)43-30-32(35)34(37)38/h15-16,31-32H,3-14,17-30,35H2,1-2H3,(H,37,38)(H,39,40)/b16-15-. The minimum Gasteiger partial charge on any atom is -0.480 e. The van der Waals surface area contributed by atoms with E-state index in [4.69, 9.17) is 24.8 Å². The number of carbonyl (C=O) groups excluding carboxylic acids is 1. The summed E-state index contributed by atoms with van der Waals surface area (Å²) in [7, 11) is -4.60. The van der Waals surface area contributed by atoms with Crippen molar-refractivity contribution in [3.8, 4) is 0 Å². The molecule has 0 rings (SSSR count). The Morgan fingerprint density at radius 2 is 1.16 bits per heavy atom. The van der Waals surface area contributed by atoms with Crippen LogP contribution in [-0.4, -0.2) is 60.5 Å². The molecule has 4 N–H and O–H groups in total. The number of hydrogen-bond acceptors (Lipinski definition) is 8. The molecule has 3 atom stereocenters. The lowest BCUT2D eigenvalue weighted by molar-refractivity contribution is -0.154. The van der Waals surface area contributed by atoms with Crippen molar-refractivity contribution < 1.29 is 42.7 Å². The van der Waals surface area contributed by atoms with E-state index in [1.54, 1.807) is 0 Å². The van der Waals surface area contributed by atoms with Crippen LogP contribution in [0.15, 0.2) is 12.2 Å². The number of carboxylic acid groups (broad SMARTS) is 1. The van der Waals surface area contributed by atoms with Crippen LogP contribution in [0.5, 0.6) is 0 Å². The summed E-state index contributed by atoms with van der Waals surface area (Å²) in [4.78, 5) is 33.2. The predicted molar refractivity (Wildman–Crippen MR) is 180 cm³/mol. The van der Waals surface area contributed by atoms with E-state index < -0.39 is 45.1 Å². The number of ether oxygens (including phenoxy) is 2. The van der Waals surface area contributed by atoms with Gasteiger partial charge in [0.15, 0.2) is 0 Å². The fraction of sp³-hybridized carbons (Fsp3) is 0.882. The highest BCUT2D eigenvalue weighted by molar-refractivity contribution is 7.47. The quantitative estimate of drug-likeness (QED) is 0.0264. The lowest BCUT2D eigenvalue weighted by Gasteiger charge is -2.20. The molecule has 45 heavy (non-hydrogen) atoms. The van der Waals surface area contributed by atoms with Crippen LogP contribution >= 0.6 is 7.82 Å². The highest BCUT2D eigenvalue weighted by Gasteiger charge is 2.27. The van der Waals surface area contributed by atoms with Crippen molar-refractivity contribution in [1.29, 1.82) is 0 Å². The first-order valence-electron chi connectivity index (χ1n) is 17.7. The predicted octanol–water partition coefficient (Wildman–Crippen LogP) is 8.64. The summed E-state index contributed by atoms with van der Waals surface area (Å²) in [6.07, 6.45) is 28.4. The van der Waals surface area contributed by atoms with E-state index in [9.17, 15) is 19.0 Å². The number of carboxylic acids is 1. The Kier molecular flexibility index (Phi) is 30.4. The summed E-state index contributed by atoms with van der Waals surface area (Å²) in [5.74, 6) is -1.79. The van der Waals surface area contributed by atoms with Crippen LogP contribution in [0, 0.1) is 0 Å². The van der Waals surface area contributed by atoms with Gasteiger partial charge in [-0.1, -0.05) is 122 Å². The molecule has 3 unspecified atom stereocenters. The van der Waals surface area contributed by atoms with Gasteiger partial charge in [0.1, 0.15) is 12.1 Å². The molecule has 0 amide bonds. The fourth-order valence-corrected chi connectivity index (χ4v) is 5.49. The molecule has 0 aromatic rings. The van der Waals surface area contributed by atoms with Gasteiger partial charge in [-0.2, -0.15) is 0 Å². The molecule has 0 fully saturated rings. The molecule has 0 spiro atoms. The van der Waals surface area contributed by atoms with Crippen molar-refractivity contribution in [2.45, 2.75) is 167 Å². The smallest absolute Gasteiger partial charge is 0.472 e. The van der Waals surface area contributed by atoms with Crippen LogP contribution in [0.2, 0.25) is 0 Å². The first kappa shape index (κ1) is 43.7. The van der Waals surface area contributed by atoms with Gasteiger partial charge in [-0.05, 0) is 38.5 Å². The molecule has 266 valence electrons. The summed E-state index contributed by atoms with van der Waals surface area (Å²) in [5, 5.41) is 8.83. The topological polar surface area (TPSA) is 155 Å². The number of hydrogen-bond donors (Lipinski definition) is 3. The monoisotopic (exact) mass is 663 g/mol. The highest BCUT2D eigenvalue weighted by Crippen LogP contribution is 2.43. The van der Waals surface area contributed by atoms with Crippen LogP contribution in [0.25, 0.3) is 0 Å². The molecule has 10 nitrogen and oxygen atoms in total. The van der Waals surface area contributed by atoms with Crippen LogP contribution in [0.1, 0.15) is 155 Å². The summed E-state index contributed by atoms with van der Waals surface area (Å²) in [6, 6.07) is -1.47. The number of carbonyl (C=O) groups is 2. The zero-order valence-electron chi connectivity index (χ0n) is 28.5. The maximum absolute atomic E-state index is 12.5. The van der Waals surface area contributed by atoms with E-state index in [0.29, 0.717) is 13.0 Å². The van der Waals surface area contributed by atoms with Gasteiger partial charge in [-0.15, -0.1) is 0 Å². The Bertz CT molecular complexity index is 781. The van der Waals surface area contributed by atoms with Gasteiger partial charge in [0.05, 0.1) is 19.8 Å². The number of phosphoric acid groups is 1. The van der Waals surface area contributed by atoms with Crippen molar-refractivity contribution in [3.63, 3.8) is 0 Å². The second kappa shape index (κ2) is 31.3. The Hall–Kier alpha value is -1.29. The van der Waals surface area contributed by atoms with Crippen LogP contribution in [0.4, 0.5) is 0 Å². The Morgan fingerprint density at radius 1 is 0.689 bits per heavy atom. The lowest BCUT2D eigenvalue weighted by Crippen LogP contribution is -2.34. The molecule has 0 aliphatic carbocycles. The second-order valence-corrected chi connectivity index (χ2v) is 13.5. The molecule has 0 bridgehead atoms. The number of unbranched alkanes of at least 4 members (excludes halogenated alkanes) is 18. The van der Waals surface area contributed by atoms with Crippen molar-refractivity contribution in [2.75, 3.05) is 26.4 Å². The fourth-order valence-electron chi connectivity index (χ4n) is 4.71. The van der Waals surface area contributed by atoms with E-state index >= 15 is 0 Å². The van der Waals surface area contributed by atoms with Crippen LogP contribution in [0.3, 0.4) is 0 Å². The maximum Gasteiger partial charge on any atom is 0.472 e. The summed E-state index contributed by atoms with van der Waals surface area (Å²) < 4.78 is 33.0. The molecule has 0 aromatic heterocycles. The highest BCUT2D eigenvalue weighted by atomic mass is 31.2. The van der Waals surface area contributed by atoms with E-state index in [0.717, 1.165) is 51.4 Å². The van der Waals surface area contributed by atoms with Gasteiger partial charge < -0.3 is 25.2 Å². The first-order valence-corrected chi connectivity index (χ1v) is 19.2. The molecule has 0 saturated carbocycles. The summed E-state index contributed by atoms with van der Waals surface area (Å²) >= 11 is 0. The molecule has 0 aliphatic rings. The minimum absolute atomic E-state index is 0.0171. The number of aliphatic carboxylic acids is 1. The van der Waals surface area contributed by atoms with Crippen LogP contribution < -0.4 is 5.73 Å². The van der Waals surface area contributed by atoms with Gasteiger partial charge in [0.25, 0.3) is 0 Å². The molecule has 0 aliphatic heterocycles. The van der Waals surface area contributed by atoms with Gasteiger partial charge in [-0.3, -0.25) is 18.6 Å². The first-order chi connectivity index (χ1) is 21.7. The maximum atomic E-state index is 12.5. The molecule has 0 heterocycles. The van der Waals surface area contributed by atoms with Crippen molar-refractivity contribution in [2.24, 2.45) is 5.73 Å². The summed E-state index contributed by atoms with van der Waals surface area (Å²) in [5.41, 5.74) is 5.32. The van der Waals surface area contributed by atoms with E-state index in [2.05, 4.69) is 30.5 Å². The molecular weight excluding hydrogens is 597 g/mol. The average molecular weight is 664 g/mol. The third-order valence-electron chi connectivity index (χ3n) is 7.54. The van der Waals surface area contributed by atoms with Crippen molar-refractivity contribution >= 4 is 19.8 Å². The Morgan fingerprint density at radius 3 is 1.69 bits per heavy atom. The molecule has 0 radical (unpaired) electrons. The number of esters is 1. The number of nitrogens with two attached hydrogens (primary N) is 1. The van der Waals surface area contributed by atoms with E-state index in [-0.39, 0.29) is 13.0 Å². The van der Waals surface area contributed by atoms with Crippen molar-refractivity contribution in [1.82, 2.24) is 0 Å². The second-order valence-electron chi connectivity index (χ2n) is 12.0. The minimum atomic E-state index is -4.60. The normalized spacial score (nSPS) is 14.4. The van der Waals surface area contributed by atoms with Gasteiger partial charge >= 0.3 is 19.8 Å².